The Balaban J connectivity index is 1.36. The number of fused-ring (bicyclic) bond motifs is 1. The van der Waals surface area contributed by atoms with Gasteiger partial charge in [-0.15, -0.1) is 0 Å². The number of nitrogens with one attached hydrogen (secondary N) is 1. The monoisotopic (exact) mass is 471 g/mol. The van der Waals surface area contributed by atoms with Crippen LogP contribution in [0.3, 0.4) is 0 Å². The van der Waals surface area contributed by atoms with Crippen LogP contribution in [0.25, 0.3) is 10.9 Å². The summed E-state index contributed by atoms with van der Waals surface area (Å²) >= 11 is 0. The number of aromatic nitrogens is 1. The highest BCUT2D eigenvalue weighted by atomic mass is 16.6. The van der Waals surface area contributed by atoms with Crippen molar-refractivity contribution in [2.75, 3.05) is 25.1 Å². The van der Waals surface area contributed by atoms with Crippen molar-refractivity contribution in [3.05, 3.63) is 94.5 Å². The van der Waals surface area contributed by atoms with Crippen LogP contribution in [0.5, 0.6) is 11.5 Å². The molecule has 3 aromatic carbocycles. The zero-order valence-electron chi connectivity index (χ0n) is 19.3. The number of hydrogen-bond donors (Lipinski definition) is 1. The molecule has 0 spiro atoms. The first-order chi connectivity index (χ1) is 17.0. The summed E-state index contributed by atoms with van der Waals surface area (Å²) in [6, 6.07) is 24.1. The number of anilines is 2. The van der Waals surface area contributed by atoms with Gasteiger partial charge in [0.2, 0.25) is 0 Å². The SMILES string of the molecule is CC1(COc2ccc(Nc3ccc4cccc(OCc5ccccc5)c4n3)c([N+](=O)[O-])c2)COC1. The third-order valence-corrected chi connectivity index (χ3v) is 5.84. The van der Waals surface area contributed by atoms with E-state index in [1.54, 1.807) is 18.2 Å². The van der Waals surface area contributed by atoms with Gasteiger partial charge < -0.3 is 19.5 Å². The van der Waals surface area contributed by atoms with Crippen LogP contribution in [0.1, 0.15) is 12.5 Å². The lowest BCUT2D eigenvalue weighted by atomic mass is 9.90. The highest BCUT2D eigenvalue weighted by molar-refractivity contribution is 5.86. The topological polar surface area (TPSA) is 95.8 Å². The van der Waals surface area contributed by atoms with Crippen molar-refractivity contribution in [1.29, 1.82) is 0 Å². The minimum absolute atomic E-state index is 0.0546. The summed E-state index contributed by atoms with van der Waals surface area (Å²) in [5.41, 5.74) is 1.91. The molecule has 1 saturated heterocycles. The van der Waals surface area contributed by atoms with Crippen molar-refractivity contribution in [1.82, 2.24) is 4.98 Å². The maximum atomic E-state index is 11.8. The van der Waals surface area contributed by atoms with Crippen LogP contribution in [0, 0.1) is 15.5 Å². The lowest BCUT2D eigenvalue weighted by molar-refractivity contribution is -0.384. The molecule has 0 amide bonds. The quantitative estimate of drug-likeness (QED) is 0.240. The van der Waals surface area contributed by atoms with Crippen molar-refractivity contribution in [2.24, 2.45) is 5.41 Å². The van der Waals surface area contributed by atoms with Crippen molar-refractivity contribution >= 4 is 28.1 Å². The molecule has 178 valence electrons. The molecule has 0 atom stereocenters. The predicted octanol–water partition coefficient (Wildman–Crippen LogP) is 5.88. The molecule has 2 heterocycles. The second-order valence-corrected chi connectivity index (χ2v) is 8.95. The summed E-state index contributed by atoms with van der Waals surface area (Å²) in [6.45, 7) is 4.16. The number of benzene rings is 3. The Kier molecular flexibility index (Phi) is 6.20. The van der Waals surface area contributed by atoms with E-state index in [0.717, 1.165) is 10.9 Å². The van der Waals surface area contributed by atoms with Crippen LogP contribution in [0.4, 0.5) is 17.2 Å². The third-order valence-electron chi connectivity index (χ3n) is 5.84. The average Bonchev–Trinajstić information content (AvgIpc) is 2.86. The molecule has 0 bridgehead atoms. The molecule has 0 aliphatic carbocycles. The first kappa shape index (κ1) is 22.6. The van der Waals surface area contributed by atoms with E-state index >= 15 is 0 Å². The molecule has 1 aromatic heterocycles. The Morgan fingerprint density at radius 3 is 2.60 bits per heavy atom. The first-order valence-electron chi connectivity index (χ1n) is 11.3. The van der Waals surface area contributed by atoms with Gasteiger partial charge in [0.05, 0.1) is 30.8 Å². The smallest absolute Gasteiger partial charge is 0.296 e. The fraction of sp³-hybridized carbons (Fsp3) is 0.222. The van der Waals surface area contributed by atoms with Gasteiger partial charge in [-0.3, -0.25) is 10.1 Å². The Morgan fingerprint density at radius 1 is 1.03 bits per heavy atom. The normalized spacial score (nSPS) is 14.2. The van der Waals surface area contributed by atoms with E-state index in [2.05, 4.69) is 17.2 Å². The van der Waals surface area contributed by atoms with E-state index in [0.29, 0.717) is 54.9 Å². The fourth-order valence-corrected chi connectivity index (χ4v) is 3.83. The second-order valence-electron chi connectivity index (χ2n) is 8.95. The lowest BCUT2D eigenvalue weighted by Gasteiger charge is -2.37. The van der Waals surface area contributed by atoms with Crippen LogP contribution >= 0.6 is 0 Å². The maximum absolute atomic E-state index is 11.8. The maximum Gasteiger partial charge on any atom is 0.296 e. The van der Waals surface area contributed by atoms with Crippen LogP contribution in [-0.2, 0) is 11.3 Å². The number of hydrogen-bond acceptors (Lipinski definition) is 7. The average molecular weight is 472 g/mol. The van der Waals surface area contributed by atoms with E-state index < -0.39 is 4.92 Å². The summed E-state index contributed by atoms with van der Waals surface area (Å²) in [6.07, 6.45) is 0. The van der Waals surface area contributed by atoms with Gasteiger partial charge in [-0.2, -0.15) is 0 Å². The largest absolute Gasteiger partial charge is 0.493 e. The molecule has 1 aliphatic heterocycles. The molecule has 0 unspecified atom stereocenters. The van der Waals surface area contributed by atoms with E-state index in [1.807, 2.05) is 54.6 Å². The highest BCUT2D eigenvalue weighted by Crippen LogP contribution is 2.34. The van der Waals surface area contributed by atoms with Gasteiger partial charge in [0.15, 0.2) is 0 Å². The Labute approximate surface area is 202 Å². The summed E-state index contributed by atoms with van der Waals surface area (Å²) in [5.74, 6) is 1.56. The standard InChI is InChI=1S/C27H25N3O5/c1-27(16-33-17-27)18-35-21-11-12-22(23(14-21)30(31)32)28-25-13-10-20-8-5-9-24(26(20)29-25)34-15-19-6-3-2-4-7-19/h2-14H,15-18H2,1H3,(H,28,29). The fourth-order valence-electron chi connectivity index (χ4n) is 3.83. The van der Waals surface area contributed by atoms with Gasteiger partial charge in [0.1, 0.15) is 35.1 Å². The van der Waals surface area contributed by atoms with Gasteiger partial charge in [-0.1, -0.05) is 49.4 Å². The Hall–Kier alpha value is -4.17. The lowest BCUT2D eigenvalue weighted by Crippen LogP contribution is -2.44. The van der Waals surface area contributed by atoms with Crippen LogP contribution < -0.4 is 14.8 Å². The number of nitrogens with zero attached hydrogens (tertiary/aromatic N) is 2. The number of ether oxygens (including phenoxy) is 3. The molecule has 8 heteroatoms. The first-order valence-corrected chi connectivity index (χ1v) is 11.3. The molecular weight excluding hydrogens is 446 g/mol. The van der Waals surface area contributed by atoms with Crippen LogP contribution in [0.2, 0.25) is 0 Å². The summed E-state index contributed by atoms with van der Waals surface area (Å²) in [4.78, 5) is 16.0. The third kappa shape index (κ3) is 5.17. The summed E-state index contributed by atoms with van der Waals surface area (Å²) in [7, 11) is 0. The Morgan fingerprint density at radius 2 is 1.86 bits per heavy atom. The van der Waals surface area contributed by atoms with Crippen molar-refractivity contribution in [2.45, 2.75) is 13.5 Å². The number of rotatable bonds is 9. The highest BCUT2D eigenvalue weighted by Gasteiger charge is 2.34. The van der Waals surface area contributed by atoms with Crippen LogP contribution in [-0.4, -0.2) is 29.7 Å². The second kappa shape index (κ2) is 9.60. The summed E-state index contributed by atoms with van der Waals surface area (Å²) in [5, 5.41) is 15.8. The van der Waals surface area contributed by atoms with Crippen molar-refractivity contribution in [3.8, 4) is 11.5 Å². The van der Waals surface area contributed by atoms with Gasteiger partial charge in [-0.25, -0.2) is 4.98 Å². The molecular formula is C27H25N3O5. The molecule has 5 rings (SSSR count). The van der Waals surface area contributed by atoms with E-state index in [9.17, 15) is 10.1 Å². The minimum Gasteiger partial charge on any atom is -0.493 e. The van der Waals surface area contributed by atoms with E-state index in [1.165, 1.54) is 6.07 Å². The van der Waals surface area contributed by atoms with Gasteiger partial charge in [0.25, 0.3) is 5.69 Å². The van der Waals surface area contributed by atoms with Crippen molar-refractivity contribution in [3.63, 3.8) is 0 Å². The van der Waals surface area contributed by atoms with Gasteiger partial charge >= 0.3 is 0 Å². The molecule has 8 nitrogen and oxygen atoms in total. The Bertz CT molecular complexity index is 1360. The van der Waals surface area contributed by atoms with E-state index in [-0.39, 0.29) is 11.1 Å². The van der Waals surface area contributed by atoms with E-state index in [4.69, 9.17) is 14.2 Å². The molecule has 0 radical (unpaired) electrons. The summed E-state index contributed by atoms with van der Waals surface area (Å²) < 4.78 is 17.1. The number of nitro benzene ring substituents is 1. The molecule has 1 fully saturated rings. The van der Waals surface area contributed by atoms with Gasteiger partial charge in [0, 0.05) is 10.8 Å². The number of nitro groups is 1. The molecule has 35 heavy (non-hydrogen) atoms. The molecule has 1 N–H and O–H groups in total. The molecule has 4 aromatic rings. The number of para-hydroxylation sites is 1. The minimum atomic E-state index is -0.432. The zero-order chi connectivity index (χ0) is 24.3. The predicted molar refractivity (Wildman–Crippen MR) is 133 cm³/mol. The molecule has 0 saturated carbocycles. The van der Waals surface area contributed by atoms with Crippen LogP contribution in [0.15, 0.2) is 78.9 Å². The van der Waals surface area contributed by atoms with Crippen molar-refractivity contribution < 1.29 is 19.1 Å². The van der Waals surface area contributed by atoms with Gasteiger partial charge in [-0.05, 0) is 35.9 Å². The number of pyridine rings is 1. The molecule has 1 aliphatic rings. The zero-order valence-corrected chi connectivity index (χ0v) is 19.3.